The predicted octanol–water partition coefficient (Wildman–Crippen LogP) is 4.70. The summed E-state index contributed by atoms with van der Waals surface area (Å²) in [6.07, 6.45) is 1.62. The van der Waals surface area contributed by atoms with Crippen LogP contribution in [-0.2, 0) is 21.2 Å². The number of aryl methyl sites for hydroxylation is 2. The van der Waals surface area contributed by atoms with Crippen molar-refractivity contribution in [3.63, 3.8) is 0 Å². The molecule has 0 aliphatic heterocycles. The van der Waals surface area contributed by atoms with Crippen molar-refractivity contribution in [3.05, 3.63) is 94.5 Å². The van der Waals surface area contributed by atoms with Gasteiger partial charge in [0.25, 0.3) is 10.0 Å². The Morgan fingerprint density at radius 3 is 2.35 bits per heavy atom. The van der Waals surface area contributed by atoms with E-state index in [0.717, 1.165) is 27.2 Å². The normalized spacial score (nSPS) is 11.2. The molecule has 0 saturated carbocycles. The molecule has 1 amide bonds. The maximum atomic E-state index is 13.3. The van der Waals surface area contributed by atoms with E-state index < -0.39 is 10.0 Å². The van der Waals surface area contributed by atoms with E-state index in [2.05, 4.69) is 21.2 Å². The third-order valence-electron chi connectivity index (χ3n) is 4.80. The number of amides is 1. The first-order valence-electron chi connectivity index (χ1n) is 10.0. The Kier molecular flexibility index (Phi) is 7.87. The fourth-order valence-corrected chi connectivity index (χ4v) is 4.94. The summed E-state index contributed by atoms with van der Waals surface area (Å²) in [5.41, 5.74) is 2.59. The summed E-state index contributed by atoms with van der Waals surface area (Å²) in [4.78, 5) is 12.8. The molecule has 162 valence electrons. The lowest BCUT2D eigenvalue weighted by Crippen LogP contribution is -2.41. The summed E-state index contributed by atoms with van der Waals surface area (Å²) in [6, 6.07) is 23.6. The van der Waals surface area contributed by atoms with Gasteiger partial charge >= 0.3 is 0 Å². The number of rotatable bonds is 9. The van der Waals surface area contributed by atoms with E-state index in [9.17, 15) is 13.2 Å². The van der Waals surface area contributed by atoms with Crippen LogP contribution in [0.15, 0.2) is 88.2 Å². The number of carbonyl (C=O) groups excluding carboxylic acids is 1. The minimum Gasteiger partial charge on any atom is -0.355 e. The first kappa shape index (κ1) is 23.0. The molecular formula is C24H25BrN2O3S. The molecule has 0 fully saturated rings. The van der Waals surface area contributed by atoms with Crippen molar-refractivity contribution in [1.29, 1.82) is 0 Å². The number of hydrogen-bond donors (Lipinski definition) is 1. The Morgan fingerprint density at radius 2 is 1.68 bits per heavy atom. The first-order valence-corrected chi connectivity index (χ1v) is 12.3. The standard InChI is InChI=1S/C24H25BrN2O3S/c1-19-12-14-23(15-13-19)31(29,30)27(22-11-5-10-21(25)17-22)18-24(28)26-16-6-9-20-7-3-2-4-8-20/h2-5,7-8,10-15,17H,6,9,16,18H2,1H3,(H,26,28). The van der Waals surface area contributed by atoms with Crippen LogP contribution in [0.2, 0.25) is 0 Å². The molecule has 1 N–H and O–H groups in total. The number of nitrogens with one attached hydrogen (secondary N) is 1. The molecule has 3 aromatic rings. The van der Waals surface area contributed by atoms with Crippen molar-refractivity contribution in [3.8, 4) is 0 Å². The summed E-state index contributed by atoms with van der Waals surface area (Å²) >= 11 is 3.38. The maximum Gasteiger partial charge on any atom is 0.264 e. The van der Waals surface area contributed by atoms with Gasteiger partial charge in [0.1, 0.15) is 6.54 Å². The van der Waals surface area contributed by atoms with Gasteiger partial charge in [0.05, 0.1) is 10.6 Å². The summed E-state index contributed by atoms with van der Waals surface area (Å²) in [5.74, 6) is -0.344. The van der Waals surface area contributed by atoms with Gasteiger partial charge in [0, 0.05) is 11.0 Å². The van der Waals surface area contributed by atoms with Crippen LogP contribution in [0.5, 0.6) is 0 Å². The quantitative estimate of drug-likeness (QED) is 0.433. The molecule has 0 spiro atoms. The van der Waals surface area contributed by atoms with Gasteiger partial charge in [-0.25, -0.2) is 8.42 Å². The lowest BCUT2D eigenvalue weighted by atomic mass is 10.1. The van der Waals surface area contributed by atoms with E-state index in [1.807, 2.05) is 43.3 Å². The van der Waals surface area contributed by atoms with Gasteiger partial charge in [-0.3, -0.25) is 9.10 Å². The summed E-state index contributed by atoms with van der Waals surface area (Å²) in [7, 11) is -3.90. The number of halogens is 1. The zero-order chi connectivity index (χ0) is 22.3. The van der Waals surface area contributed by atoms with Crippen molar-refractivity contribution >= 4 is 37.5 Å². The van der Waals surface area contributed by atoms with Crippen LogP contribution in [-0.4, -0.2) is 27.4 Å². The van der Waals surface area contributed by atoms with Crippen molar-refractivity contribution in [2.75, 3.05) is 17.4 Å². The second kappa shape index (κ2) is 10.6. The Bertz CT molecular complexity index is 1120. The molecule has 0 unspecified atom stereocenters. The van der Waals surface area contributed by atoms with Crippen LogP contribution < -0.4 is 9.62 Å². The highest BCUT2D eigenvalue weighted by Gasteiger charge is 2.27. The van der Waals surface area contributed by atoms with E-state index in [1.54, 1.807) is 42.5 Å². The third kappa shape index (κ3) is 6.42. The predicted molar refractivity (Wildman–Crippen MR) is 128 cm³/mol. The molecule has 0 heterocycles. The van der Waals surface area contributed by atoms with Crippen LogP contribution in [0, 0.1) is 6.92 Å². The average molecular weight is 501 g/mol. The minimum atomic E-state index is -3.90. The molecule has 31 heavy (non-hydrogen) atoms. The van der Waals surface area contributed by atoms with Crippen LogP contribution in [0.3, 0.4) is 0 Å². The fraction of sp³-hybridized carbons (Fsp3) is 0.208. The number of anilines is 1. The zero-order valence-electron chi connectivity index (χ0n) is 17.3. The largest absolute Gasteiger partial charge is 0.355 e. The number of nitrogens with zero attached hydrogens (tertiary/aromatic N) is 1. The van der Waals surface area contributed by atoms with Crippen LogP contribution in [0.4, 0.5) is 5.69 Å². The molecule has 0 atom stereocenters. The van der Waals surface area contributed by atoms with Crippen LogP contribution in [0.1, 0.15) is 17.5 Å². The van der Waals surface area contributed by atoms with Crippen LogP contribution in [0.25, 0.3) is 0 Å². The average Bonchev–Trinajstić information content (AvgIpc) is 2.76. The molecule has 0 aromatic heterocycles. The molecule has 5 nitrogen and oxygen atoms in total. The highest BCUT2D eigenvalue weighted by molar-refractivity contribution is 9.10. The van der Waals surface area contributed by atoms with Crippen molar-refractivity contribution in [2.45, 2.75) is 24.7 Å². The minimum absolute atomic E-state index is 0.148. The molecule has 3 aromatic carbocycles. The molecule has 0 radical (unpaired) electrons. The highest BCUT2D eigenvalue weighted by atomic mass is 79.9. The number of hydrogen-bond acceptors (Lipinski definition) is 3. The lowest BCUT2D eigenvalue weighted by molar-refractivity contribution is -0.119. The Labute approximate surface area is 192 Å². The molecule has 3 rings (SSSR count). The number of benzene rings is 3. The summed E-state index contributed by atoms with van der Waals surface area (Å²) in [6.45, 7) is 2.08. The second-order valence-corrected chi connectivity index (χ2v) is 10.0. The molecule has 0 aliphatic carbocycles. The number of carbonyl (C=O) groups is 1. The highest BCUT2D eigenvalue weighted by Crippen LogP contribution is 2.26. The van der Waals surface area contributed by atoms with Gasteiger partial charge in [-0.1, -0.05) is 70.0 Å². The monoisotopic (exact) mass is 500 g/mol. The van der Waals surface area contributed by atoms with E-state index in [-0.39, 0.29) is 17.3 Å². The Balaban J connectivity index is 1.72. The third-order valence-corrected chi connectivity index (χ3v) is 7.08. The van der Waals surface area contributed by atoms with Gasteiger partial charge < -0.3 is 5.32 Å². The number of sulfonamides is 1. The fourth-order valence-electron chi connectivity index (χ4n) is 3.14. The smallest absolute Gasteiger partial charge is 0.264 e. The van der Waals surface area contributed by atoms with Gasteiger partial charge in [0.2, 0.25) is 5.91 Å². The van der Waals surface area contributed by atoms with Crippen LogP contribution >= 0.6 is 15.9 Å². The molecule has 0 bridgehead atoms. The molecular weight excluding hydrogens is 476 g/mol. The summed E-state index contributed by atoms with van der Waals surface area (Å²) in [5, 5.41) is 2.84. The van der Waals surface area contributed by atoms with Gasteiger partial charge in [-0.05, 0) is 55.7 Å². The van der Waals surface area contributed by atoms with Crippen molar-refractivity contribution in [1.82, 2.24) is 5.32 Å². The molecule has 0 aliphatic rings. The van der Waals surface area contributed by atoms with E-state index in [0.29, 0.717) is 12.2 Å². The summed E-state index contributed by atoms with van der Waals surface area (Å²) < 4.78 is 28.6. The lowest BCUT2D eigenvalue weighted by Gasteiger charge is -2.24. The molecule has 7 heteroatoms. The van der Waals surface area contributed by atoms with E-state index in [4.69, 9.17) is 0 Å². The zero-order valence-corrected chi connectivity index (χ0v) is 19.7. The van der Waals surface area contributed by atoms with Crippen molar-refractivity contribution in [2.24, 2.45) is 0 Å². The molecule has 0 saturated heterocycles. The maximum absolute atomic E-state index is 13.3. The topological polar surface area (TPSA) is 66.5 Å². The van der Waals surface area contributed by atoms with Gasteiger partial charge in [-0.15, -0.1) is 0 Å². The van der Waals surface area contributed by atoms with E-state index in [1.165, 1.54) is 5.56 Å². The SMILES string of the molecule is Cc1ccc(S(=O)(=O)N(CC(=O)NCCCc2ccccc2)c2cccc(Br)c2)cc1. The first-order chi connectivity index (χ1) is 14.9. The Hall–Kier alpha value is -2.64. The van der Waals surface area contributed by atoms with Gasteiger partial charge in [0.15, 0.2) is 0 Å². The Morgan fingerprint density at radius 1 is 0.968 bits per heavy atom. The van der Waals surface area contributed by atoms with E-state index >= 15 is 0 Å². The second-order valence-electron chi connectivity index (χ2n) is 7.24. The van der Waals surface area contributed by atoms with Gasteiger partial charge in [-0.2, -0.15) is 0 Å². The van der Waals surface area contributed by atoms with Crippen molar-refractivity contribution < 1.29 is 13.2 Å².